The third-order valence-electron chi connectivity index (χ3n) is 1.46. The zero-order valence-corrected chi connectivity index (χ0v) is 7.79. The molecule has 0 aromatic heterocycles. The Kier molecular flexibility index (Phi) is 4.79. The molecule has 0 aromatic carbocycles. The molecule has 0 aliphatic rings. The van der Waals surface area contributed by atoms with Crippen molar-refractivity contribution in [3.63, 3.8) is 0 Å². The number of hydrogen-bond acceptors (Lipinski definition) is 2. The van der Waals surface area contributed by atoms with Gasteiger partial charge in [0.1, 0.15) is 0 Å². The van der Waals surface area contributed by atoms with Gasteiger partial charge in [-0.3, -0.25) is 4.79 Å². The first-order valence-electron chi connectivity index (χ1n) is 3.89. The molecule has 64 valence electrons. The number of allylic oxidation sites excluding steroid dienone is 2. The molecule has 0 aliphatic heterocycles. The smallest absolute Gasteiger partial charge is 0.159 e. The Morgan fingerprint density at radius 2 is 2.09 bits per heavy atom. The molecule has 0 saturated heterocycles. The summed E-state index contributed by atoms with van der Waals surface area (Å²) < 4.78 is 0. The van der Waals surface area contributed by atoms with Gasteiger partial charge >= 0.3 is 0 Å². The molecule has 0 heterocycles. The first-order chi connectivity index (χ1) is 5.07. The summed E-state index contributed by atoms with van der Waals surface area (Å²) in [6, 6.07) is 0. The van der Waals surface area contributed by atoms with Crippen LogP contribution in [-0.2, 0) is 4.79 Å². The van der Waals surface area contributed by atoms with E-state index in [1.165, 1.54) is 0 Å². The first-order valence-corrected chi connectivity index (χ1v) is 3.89. The molecule has 2 nitrogen and oxygen atoms in total. The lowest BCUT2D eigenvalue weighted by Crippen LogP contribution is -2.24. The molecule has 1 atom stereocenters. The number of carbonyl (C=O) groups is 1. The Balaban J connectivity index is 3.83. The number of carbonyl (C=O) groups excluding carboxylic acids is 1. The van der Waals surface area contributed by atoms with E-state index in [4.69, 9.17) is 0 Å². The molecule has 1 unspecified atom stereocenters. The van der Waals surface area contributed by atoms with E-state index >= 15 is 0 Å². The van der Waals surface area contributed by atoms with Crippen LogP contribution in [0.1, 0.15) is 13.8 Å². The van der Waals surface area contributed by atoms with Gasteiger partial charge in [0.25, 0.3) is 0 Å². The molecular formula is C9H17NO. The van der Waals surface area contributed by atoms with E-state index in [0.29, 0.717) is 0 Å². The molecule has 0 radical (unpaired) electrons. The molecule has 0 aliphatic carbocycles. The SMILES string of the molecule is C/C=C/C(=O)C(C)CN(C)C. The topological polar surface area (TPSA) is 20.3 Å². The van der Waals surface area contributed by atoms with E-state index in [-0.39, 0.29) is 11.7 Å². The van der Waals surface area contributed by atoms with Gasteiger partial charge in [0, 0.05) is 12.5 Å². The predicted octanol–water partition coefficient (Wildman–Crippen LogP) is 1.33. The van der Waals surface area contributed by atoms with Crippen LogP contribution in [0, 0.1) is 5.92 Å². The van der Waals surface area contributed by atoms with Gasteiger partial charge in [0.15, 0.2) is 5.78 Å². The molecule has 0 aromatic rings. The molecule has 0 bridgehead atoms. The van der Waals surface area contributed by atoms with Gasteiger partial charge in [-0.05, 0) is 27.1 Å². The average molecular weight is 155 g/mol. The summed E-state index contributed by atoms with van der Waals surface area (Å²) in [6.07, 6.45) is 3.42. The highest BCUT2D eigenvalue weighted by atomic mass is 16.1. The van der Waals surface area contributed by atoms with Crippen molar-refractivity contribution in [3.05, 3.63) is 12.2 Å². The summed E-state index contributed by atoms with van der Waals surface area (Å²) in [6.45, 7) is 4.63. The minimum Gasteiger partial charge on any atom is -0.309 e. The van der Waals surface area contributed by atoms with Crippen LogP contribution in [0.4, 0.5) is 0 Å². The highest BCUT2D eigenvalue weighted by Gasteiger charge is 2.09. The van der Waals surface area contributed by atoms with Gasteiger partial charge in [-0.2, -0.15) is 0 Å². The molecule has 11 heavy (non-hydrogen) atoms. The summed E-state index contributed by atoms with van der Waals surface area (Å²) in [5.74, 6) is 0.322. The lowest BCUT2D eigenvalue weighted by molar-refractivity contribution is -0.118. The van der Waals surface area contributed by atoms with Crippen molar-refractivity contribution in [1.82, 2.24) is 4.90 Å². The van der Waals surface area contributed by atoms with Crippen LogP contribution in [0.15, 0.2) is 12.2 Å². The highest BCUT2D eigenvalue weighted by Crippen LogP contribution is 1.99. The maximum Gasteiger partial charge on any atom is 0.159 e. The predicted molar refractivity (Wildman–Crippen MR) is 47.5 cm³/mol. The molecule has 0 fully saturated rings. The van der Waals surface area contributed by atoms with Gasteiger partial charge in [-0.1, -0.05) is 13.0 Å². The van der Waals surface area contributed by atoms with Crippen molar-refractivity contribution < 1.29 is 4.79 Å². The molecular weight excluding hydrogens is 138 g/mol. The third-order valence-corrected chi connectivity index (χ3v) is 1.46. The molecule has 0 saturated carbocycles. The number of hydrogen-bond donors (Lipinski definition) is 0. The van der Waals surface area contributed by atoms with E-state index < -0.39 is 0 Å². The van der Waals surface area contributed by atoms with Gasteiger partial charge < -0.3 is 4.90 Å². The highest BCUT2D eigenvalue weighted by molar-refractivity contribution is 5.91. The summed E-state index contributed by atoms with van der Waals surface area (Å²) in [7, 11) is 3.94. The second-order valence-corrected chi connectivity index (χ2v) is 3.07. The standard InChI is InChI=1S/C9H17NO/c1-5-6-9(11)8(2)7-10(3)4/h5-6,8H,7H2,1-4H3/b6-5+. The first kappa shape index (κ1) is 10.4. The van der Waals surface area contributed by atoms with E-state index in [2.05, 4.69) is 0 Å². The maximum absolute atomic E-state index is 11.2. The number of rotatable bonds is 4. The second-order valence-electron chi connectivity index (χ2n) is 3.07. The van der Waals surface area contributed by atoms with Crippen molar-refractivity contribution >= 4 is 5.78 Å². The summed E-state index contributed by atoms with van der Waals surface area (Å²) >= 11 is 0. The normalized spacial score (nSPS) is 14.3. The molecule has 2 heteroatoms. The zero-order valence-electron chi connectivity index (χ0n) is 7.79. The van der Waals surface area contributed by atoms with Gasteiger partial charge in [0.2, 0.25) is 0 Å². The van der Waals surface area contributed by atoms with E-state index in [1.807, 2.05) is 32.8 Å². The number of ketones is 1. The molecule has 0 N–H and O–H groups in total. The fourth-order valence-electron chi connectivity index (χ4n) is 0.966. The summed E-state index contributed by atoms with van der Waals surface area (Å²) in [5.41, 5.74) is 0. The minimum absolute atomic E-state index is 0.112. The second kappa shape index (κ2) is 5.08. The summed E-state index contributed by atoms with van der Waals surface area (Å²) in [5, 5.41) is 0. The molecule has 0 spiro atoms. The lowest BCUT2D eigenvalue weighted by atomic mass is 10.1. The Morgan fingerprint density at radius 1 is 1.55 bits per heavy atom. The Labute approximate surface area is 68.9 Å². The number of nitrogens with zero attached hydrogens (tertiary/aromatic N) is 1. The fraction of sp³-hybridized carbons (Fsp3) is 0.667. The van der Waals surface area contributed by atoms with Crippen LogP contribution in [-0.4, -0.2) is 31.3 Å². The zero-order chi connectivity index (χ0) is 8.85. The van der Waals surface area contributed by atoms with Crippen LogP contribution >= 0.6 is 0 Å². The largest absolute Gasteiger partial charge is 0.309 e. The van der Waals surface area contributed by atoms with E-state index in [9.17, 15) is 4.79 Å². The van der Waals surface area contributed by atoms with Crippen molar-refractivity contribution in [2.75, 3.05) is 20.6 Å². The van der Waals surface area contributed by atoms with Crippen molar-refractivity contribution in [3.8, 4) is 0 Å². The monoisotopic (exact) mass is 155 g/mol. The van der Waals surface area contributed by atoms with Crippen LogP contribution in [0.5, 0.6) is 0 Å². The van der Waals surface area contributed by atoms with Crippen molar-refractivity contribution in [2.24, 2.45) is 5.92 Å². The van der Waals surface area contributed by atoms with E-state index in [0.717, 1.165) is 6.54 Å². The van der Waals surface area contributed by atoms with Gasteiger partial charge in [-0.25, -0.2) is 0 Å². The van der Waals surface area contributed by atoms with Crippen molar-refractivity contribution in [2.45, 2.75) is 13.8 Å². The maximum atomic E-state index is 11.2. The quantitative estimate of drug-likeness (QED) is 0.571. The van der Waals surface area contributed by atoms with Crippen LogP contribution in [0.3, 0.4) is 0 Å². The average Bonchev–Trinajstić information content (AvgIpc) is 1.86. The lowest BCUT2D eigenvalue weighted by Gasteiger charge is -2.13. The Hall–Kier alpha value is -0.630. The van der Waals surface area contributed by atoms with E-state index in [1.54, 1.807) is 12.2 Å². The fourth-order valence-corrected chi connectivity index (χ4v) is 0.966. The minimum atomic E-state index is 0.112. The Morgan fingerprint density at radius 3 is 2.45 bits per heavy atom. The summed E-state index contributed by atoms with van der Waals surface area (Å²) in [4.78, 5) is 13.2. The Bertz CT molecular complexity index is 150. The van der Waals surface area contributed by atoms with Gasteiger partial charge in [-0.15, -0.1) is 0 Å². The van der Waals surface area contributed by atoms with Crippen LogP contribution in [0.25, 0.3) is 0 Å². The van der Waals surface area contributed by atoms with Gasteiger partial charge in [0.05, 0.1) is 0 Å². The molecule has 0 rings (SSSR count). The third kappa shape index (κ3) is 4.73. The van der Waals surface area contributed by atoms with Crippen molar-refractivity contribution in [1.29, 1.82) is 0 Å². The molecule has 0 amide bonds. The van der Waals surface area contributed by atoms with Crippen LogP contribution < -0.4 is 0 Å². The van der Waals surface area contributed by atoms with Crippen LogP contribution in [0.2, 0.25) is 0 Å².